The molecule has 1 aliphatic carbocycles. The quantitative estimate of drug-likeness (QED) is 0.641. The van der Waals surface area contributed by atoms with Crippen molar-refractivity contribution in [3.63, 3.8) is 0 Å². The first-order valence-corrected chi connectivity index (χ1v) is 9.93. The van der Waals surface area contributed by atoms with Crippen molar-refractivity contribution >= 4 is 22.4 Å². The third kappa shape index (κ3) is 3.69. The third-order valence-corrected chi connectivity index (χ3v) is 6.16. The molecule has 2 heterocycles. The van der Waals surface area contributed by atoms with Crippen molar-refractivity contribution in [3.8, 4) is 10.6 Å². The van der Waals surface area contributed by atoms with Crippen LogP contribution in [0.4, 0.5) is 13.9 Å². The second-order valence-corrected chi connectivity index (χ2v) is 8.26. The Balaban J connectivity index is 1.55. The van der Waals surface area contributed by atoms with E-state index in [0.717, 1.165) is 11.1 Å². The molecule has 4 rings (SSSR count). The van der Waals surface area contributed by atoms with Crippen LogP contribution in [0.3, 0.4) is 0 Å². The highest BCUT2D eigenvalue weighted by Gasteiger charge is 2.48. The number of pyridine rings is 1. The van der Waals surface area contributed by atoms with Crippen LogP contribution in [0.2, 0.25) is 0 Å². The van der Waals surface area contributed by atoms with E-state index in [1.165, 1.54) is 29.7 Å². The van der Waals surface area contributed by atoms with E-state index < -0.39 is 23.3 Å². The summed E-state index contributed by atoms with van der Waals surface area (Å²) in [6.07, 6.45) is 0.963. The smallest absolute Gasteiger partial charge is 0.248 e. The molecule has 1 aliphatic rings. The van der Waals surface area contributed by atoms with Crippen LogP contribution in [-0.2, 0) is 5.41 Å². The van der Waals surface area contributed by atoms with Gasteiger partial charge >= 0.3 is 0 Å². The molecule has 1 amide bonds. The summed E-state index contributed by atoms with van der Waals surface area (Å²) in [5.41, 5.74) is 7.02. The van der Waals surface area contributed by atoms with E-state index in [1.54, 1.807) is 18.2 Å². The van der Waals surface area contributed by atoms with Crippen molar-refractivity contribution in [1.82, 2.24) is 15.2 Å². The zero-order valence-electron chi connectivity index (χ0n) is 15.7. The monoisotopic (exact) mass is 415 g/mol. The van der Waals surface area contributed by atoms with Crippen molar-refractivity contribution in [2.24, 2.45) is 5.73 Å². The molecule has 1 aromatic carbocycles. The molecule has 0 unspecified atom stereocenters. The van der Waals surface area contributed by atoms with Crippen molar-refractivity contribution in [2.75, 3.05) is 11.9 Å². The number of alkyl halides is 1. The van der Waals surface area contributed by atoms with Gasteiger partial charge in [0.2, 0.25) is 11.0 Å². The highest BCUT2D eigenvalue weighted by Crippen LogP contribution is 2.45. The number of hydrogen-bond acceptors (Lipinski definition) is 6. The first-order chi connectivity index (χ1) is 13.9. The number of nitrogens with one attached hydrogen (secondary N) is 1. The molecule has 0 aliphatic heterocycles. The summed E-state index contributed by atoms with van der Waals surface area (Å²) in [6, 6.07) is 8.01. The molecule has 150 valence electrons. The second kappa shape index (κ2) is 7.47. The van der Waals surface area contributed by atoms with E-state index in [4.69, 9.17) is 5.73 Å². The number of rotatable bonds is 6. The molecule has 0 bridgehead atoms. The number of primary amides is 1. The van der Waals surface area contributed by atoms with E-state index in [1.807, 2.05) is 6.92 Å². The van der Waals surface area contributed by atoms with Crippen LogP contribution in [0.1, 0.15) is 34.5 Å². The van der Waals surface area contributed by atoms with Gasteiger partial charge in [0.25, 0.3) is 0 Å². The molecule has 6 nitrogen and oxygen atoms in total. The van der Waals surface area contributed by atoms with Crippen molar-refractivity contribution in [1.29, 1.82) is 0 Å². The molecule has 3 aromatic rings. The maximum Gasteiger partial charge on any atom is 0.248 e. The fourth-order valence-electron chi connectivity index (χ4n) is 3.64. The van der Waals surface area contributed by atoms with Crippen molar-refractivity contribution in [3.05, 3.63) is 59.2 Å². The van der Waals surface area contributed by atoms with Gasteiger partial charge in [-0.05, 0) is 49.6 Å². The lowest BCUT2D eigenvalue weighted by Crippen LogP contribution is -2.48. The van der Waals surface area contributed by atoms with Gasteiger partial charge in [0.1, 0.15) is 17.0 Å². The number of amides is 1. The van der Waals surface area contributed by atoms with Gasteiger partial charge in [0, 0.05) is 29.3 Å². The summed E-state index contributed by atoms with van der Waals surface area (Å²) in [7, 11) is 0. The van der Waals surface area contributed by atoms with Gasteiger partial charge in [-0.2, -0.15) is 0 Å². The zero-order chi connectivity index (χ0) is 20.6. The molecular formula is C20H19F2N5OS. The highest BCUT2D eigenvalue weighted by molar-refractivity contribution is 7.18. The van der Waals surface area contributed by atoms with Gasteiger partial charge < -0.3 is 11.1 Å². The molecule has 1 saturated carbocycles. The Hall–Kier alpha value is -2.94. The summed E-state index contributed by atoms with van der Waals surface area (Å²) < 4.78 is 27.9. The van der Waals surface area contributed by atoms with Crippen molar-refractivity contribution in [2.45, 2.75) is 31.4 Å². The molecule has 3 N–H and O–H groups in total. The summed E-state index contributed by atoms with van der Waals surface area (Å²) >= 11 is 1.30. The van der Waals surface area contributed by atoms with Crippen LogP contribution in [-0.4, -0.2) is 33.8 Å². The summed E-state index contributed by atoms with van der Waals surface area (Å²) in [5.74, 6) is -0.947. The first-order valence-electron chi connectivity index (χ1n) is 9.11. The average Bonchev–Trinajstić information content (AvgIpc) is 3.14. The lowest BCUT2D eigenvalue weighted by molar-refractivity contribution is 0.0964. The maximum absolute atomic E-state index is 14.3. The zero-order valence-corrected chi connectivity index (χ0v) is 16.5. The SMILES string of the molecule is Cc1ccc(C(N)=O)cc1-c1nnc(NCC2(c3ncccc3F)CC(F)C2)s1. The van der Waals surface area contributed by atoms with Crippen LogP contribution < -0.4 is 11.1 Å². The van der Waals surface area contributed by atoms with Crippen LogP contribution >= 0.6 is 11.3 Å². The van der Waals surface area contributed by atoms with Crippen LogP contribution in [0, 0.1) is 12.7 Å². The Kier molecular flexibility index (Phi) is 4.99. The highest BCUT2D eigenvalue weighted by atomic mass is 32.1. The molecule has 0 spiro atoms. The predicted molar refractivity (Wildman–Crippen MR) is 107 cm³/mol. The Bertz CT molecular complexity index is 1060. The van der Waals surface area contributed by atoms with Crippen LogP contribution in [0.25, 0.3) is 10.6 Å². The summed E-state index contributed by atoms with van der Waals surface area (Å²) in [5, 5.41) is 12.6. The lowest BCUT2D eigenvalue weighted by Gasteiger charge is -2.43. The minimum Gasteiger partial charge on any atom is -0.366 e. The molecular weight excluding hydrogens is 396 g/mol. The number of halogens is 2. The maximum atomic E-state index is 14.3. The number of aryl methyl sites for hydroxylation is 1. The van der Waals surface area contributed by atoms with Gasteiger partial charge in [-0.15, -0.1) is 10.2 Å². The Morgan fingerprint density at radius 2 is 2.14 bits per heavy atom. The minimum absolute atomic E-state index is 0.208. The Labute approximate surface area is 170 Å². The van der Waals surface area contributed by atoms with Gasteiger partial charge in [-0.25, -0.2) is 8.78 Å². The summed E-state index contributed by atoms with van der Waals surface area (Å²) in [4.78, 5) is 15.6. The minimum atomic E-state index is -0.970. The van der Waals surface area contributed by atoms with E-state index >= 15 is 0 Å². The molecule has 0 radical (unpaired) electrons. The normalized spacial score (nSPS) is 20.9. The van der Waals surface area contributed by atoms with E-state index in [2.05, 4.69) is 20.5 Å². The van der Waals surface area contributed by atoms with E-state index in [-0.39, 0.29) is 18.5 Å². The standard InChI is InChI=1S/C20H19F2N5OS/c1-11-4-5-12(17(23)28)7-14(11)18-26-27-19(29-18)25-10-20(8-13(21)9-20)16-15(22)3-2-6-24-16/h2-7,13H,8-10H2,1H3,(H2,23,28)(H,25,27). The number of carbonyl (C=O) groups is 1. The lowest BCUT2D eigenvalue weighted by atomic mass is 9.65. The van der Waals surface area contributed by atoms with Gasteiger partial charge in [-0.3, -0.25) is 9.78 Å². The predicted octanol–water partition coefficient (Wildman–Crippen LogP) is 3.63. The Morgan fingerprint density at radius 3 is 2.83 bits per heavy atom. The number of benzene rings is 1. The molecule has 0 atom stereocenters. The topological polar surface area (TPSA) is 93.8 Å². The number of nitrogens with zero attached hydrogens (tertiary/aromatic N) is 3. The van der Waals surface area contributed by atoms with Gasteiger partial charge in [-0.1, -0.05) is 17.4 Å². The molecule has 0 saturated heterocycles. The van der Waals surface area contributed by atoms with Gasteiger partial charge in [0.15, 0.2) is 0 Å². The number of carbonyl (C=O) groups excluding carboxylic acids is 1. The fraction of sp³-hybridized carbons (Fsp3) is 0.300. The molecule has 1 fully saturated rings. The number of anilines is 1. The Morgan fingerprint density at radius 1 is 1.34 bits per heavy atom. The summed E-state index contributed by atoms with van der Waals surface area (Å²) in [6.45, 7) is 2.21. The largest absolute Gasteiger partial charge is 0.366 e. The number of hydrogen-bond donors (Lipinski definition) is 2. The van der Waals surface area contributed by atoms with Gasteiger partial charge in [0.05, 0.1) is 5.69 Å². The number of aromatic nitrogens is 3. The first kappa shape index (κ1) is 19.4. The molecule has 9 heteroatoms. The van der Waals surface area contributed by atoms with E-state index in [0.29, 0.717) is 22.2 Å². The fourth-order valence-corrected chi connectivity index (χ4v) is 4.46. The van der Waals surface area contributed by atoms with Crippen LogP contribution in [0.5, 0.6) is 0 Å². The van der Waals surface area contributed by atoms with Crippen molar-refractivity contribution < 1.29 is 13.6 Å². The number of nitrogens with two attached hydrogens (primary N) is 1. The average molecular weight is 415 g/mol. The third-order valence-electron chi connectivity index (χ3n) is 5.24. The van der Waals surface area contributed by atoms with E-state index in [9.17, 15) is 13.6 Å². The second-order valence-electron chi connectivity index (χ2n) is 7.28. The van der Waals surface area contributed by atoms with Crippen LogP contribution in [0.15, 0.2) is 36.5 Å². The molecule has 29 heavy (non-hydrogen) atoms. The molecule has 2 aromatic heterocycles.